The number of nitrogens with zero attached hydrogens (tertiary/aromatic N) is 4. The Bertz CT molecular complexity index is 658. The summed E-state index contributed by atoms with van der Waals surface area (Å²) in [5.41, 5.74) is 0. The van der Waals surface area contributed by atoms with Crippen molar-refractivity contribution in [2.45, 2.75) is 25.5 Å². The van der Waals surface area contributed by atoms with Crippen LogP contribution >= 0.6 is 0 Å². The molecule has 8 nitrogen and oxygen atoms in total. The van der Waals surface area contributed by atoms with E-state index in [0.29, 0.717) is 23.5 Å². The monoisotopic (exact) mass is 339 g/mol. The minimum absolute atomic E-state index is 0.193. The topological polar surface area (TPSA) is 91.0 Å². The first-order chi connectivity index (χ1) is 11.6. The molecule has 0 aliphatic carbocycles. The number of aromatic nitrogens is 4. The van der Waals surface area contributed by atoms with Gasteiger partial charge in [0.05, 0.1) is 12.4 Å². The number of H-pyrrole nitrogens is 1. The Labute approximate surface area is 137 Å². The molecule has 0 aromatic carbocycles. The van der Waals surface area contributed by atoms with E-state index in [1.165, 1.54) is 12.3 Å². The molecule has 24 heavy (non-hydrogen) atoms. The summed E-state index contributed by atoms with van der Waals surface area (Å²) < 4.78 is 28.4. The average molecular weight is 339 g/mol. The summed E-state index contributed by atoms with van der Waals surface area (Å²) in [5, 5.41) is 12.5. The van der Waals surface area contributed by atoms with E-state index in [9.17, 15) is 8.78 Å². The minimum atomic E-state index is -2.91. The standard InChI is InChI=1S/C14H19F2N7O/c1-23-4-2-9(3-5-23)18-11-7-17-8-12(20-11)19-10-6-13(22-21-10)24-14(15)16/h6-9,14H,2-5H2,1H3,(H3,18,19,20,21,22). The normalized spacial score (nSPS) is 16.3. The van der Waals surface area contributed by atoms with Crippen molar-refractivity contribution in [3.63, 3.8) is 0 Å². The highest BCUT2D eigenvalue weighted by Gasteiger charge is 2.17. The third kappa shape index (κ3) is 4.51. The van der Waals surface area contributed by atoms with Crippen LogP contribution in [0.15, 0.2) is 18.5 Å². The van der Waals surface area contributed by atoms with Crippen LogP contribution < -0.4 is 15.4 Å². The number of halogens is 2. The molecule has 3 rings (SSSR count). The van der Waals surface area contributed by atoms with Gasteiger partial charge in [-0.15, -0.1) is 5.10 Å². The van der Waals surface area contributed by atoms with Crippen LogP contribution in [0.25, 0.3) is 0 Å². The number of rotatable bonds is 6. The van der Waals surface area contributed by atoms with Crippen molar-refractivity contribution >= 4 is 17.5 Å². The van der Waals surface area contributed by atoms with Gasteiger partial charge < -0.3 is 20.3 Å². The largest absolute Gasteiger partial charge is 0.415 e. The number of nitrogens with one attached hydrogen (secondary N) is 3. The zero-order valence-corrected chi connectivity index (χ0v) is 13.2. The fourth-order valence-electron chi connectivity index (χ4n) is 2.51. The highest BCUT2D eigenvalue weighted by Crippen LogP contribution is 2.20. The maximum atomic E-state index is 12.1. The molecule has 1 fully saturated rings. The Kier molecular flexibility index (Phi) is 5.04. The summed E-state index contributed by atoms with van der Waals surface area (Å²) >= 11 is 0. The Morgan fingerprint density at radius 2 is 2.04 bits per heavy atom. The van der Waals surface area contributed by atoms with E-state index in [2.05, 4.69) is 47.5 Å². The number of likely N-dealkylation sites (tertiary alicyclic amines) is 1. The molecule has 0 spiro atoms. The molecule has 3 heterocycles. The fraction of sp³-hybridized carbons (Fsp3) is 0.500. The van der Waals surface area contributed by atoms with Gasteiger partial charge in [-0.2, -0.15) is 8.78 Å². The quantitative estimate of drug-likeness (QED) is 0.742. The lowest BCUT2D eigenvalue weighted by molar-refractivity contribution is -0.0528. The van der Waals surface area contributed by atoms with Crippen molar-refractivity contribution in [3.05, 3.63) is 18.5 Å². The molecule has 2 aromatic rings. The van der Waals surface area contributed by atoms with Gasteiger partial charge in [0.2, 0.25) is 5.88 Å². The predicted octanol–water partition coefficient (Wildman–Crippen LogP) is 2.05. The van der Waals surface area contributed by atoms with E-state index < -0.39 is 6.61 Å². The van der Waals surface area contributed by atoms with Crippen LogP contribution in [-0.2, 0) is 0 Å². The smallest absolute Gasteiger partial charge is 0.388 e. The van der Waals surface area contributed by atoms with Gasteiger partial charge in [0.1, 0.15) is 11.6 Å². The van der Waals surface area contributed by atoms with Gasteiger partial charge in [0.15, 0.2) is 5.82 Å². The Hall–Kier alpha value is -2.49. The number of aromatic amines is 1. The van der Waals surface area contributed by atoms with Crippen molar-refractivity contribution in [3.8, 4) is 5.88 Å². The van der Waals surface area contributed by atoms with Crippen LogP contribution in [0.5, 0.6) is 5.88 Å². The summed E-state index contributed by atoms with van der Waals surface area (Å²) in [6.45, 7) is -0.822. The third-order valence-electron chi connectivity index (χ3n) is 3.73. The summed E-state index contributed by atoms with van der Waals surface area (Å²) in [4.78, 5) is 10.8. The van der Waals surface area contributed by atoms with Gasteiger partial charge in [0, 0.05) is 12.1 Å². The molecule has 0 amide bonds. The number of anilines is 3. The molecule has 3 N–H and O–H groups in total. The SMILES string of the molecule is CN1CCC(Nc2cncc(Nc3cc(OC(F)F)n[nH]3)n2)CC1. The molecule has 1 aliphatic heterocycles. The number of ether oxygens (including phenoxy) is 1. The van der Waals surface area contributed by atoms with E-state index in [4.69, 9.17) is 0 Å². The highest BCUT2D eigenvalue weighted by atomic mass is 19.3. The Morgan fingerprint density at radius 3 is 2.79 bits per heavy atom. The molecule has 0 saturated carbocycles. The molecule has 0 unspecified atom stereocenters. The molecule has 10 heteroatoms. The van der Waals surface area contributed by atoms with E-state index in [0.717, 1.165) is 25.9 Å². The molecule has 0 bridgehead atoms. The second-order valence-electron chi connectivity index (χ2n) is 5.63. The molecular weight excluding hydrogens is 320 g/mol. The first-order valence-electron chi connectivity index (χ1n) is 7.63. The van der Waals surface area contributed by atoms with E-state index in [1.54, 1.807) is 6.20 Å². The summed E-state index contributed by atoms with van der Waals surface area (Å²) in [5.74, 6) is 1.33. The molecule has 2 aromatic heterocycles. The highest BCUT2D eigenvalue weighted by molar-refractivity contribution is 5.53. The van der Waals surface area contributed by atoms with Crippen molar-refractivity contribution in [1.29, 1.82) is 0 Å². The number of hydrogen-bond donors (Lipinski definition) is 3. The van der Waals surface area contributed by atoms with Crippen molar-refractivity contribution in [2.24, 2.45) is 0 Å². The summed E-state index contributed by atoms with van der Waals surface area (Å²) in [7, 11) is 2.11. The number of piperidine rings is 1. The number of hydrogen-bond acceptors (Lipinski definition) is 7. The molecule has 0 atom stereocenters. The van der Waals surface area contributed by atoms with Crippen LogP contribution in [0, 0.1) is 0 Å². The van der Waals surface area contributed by atoms with Gasteiger partial charge in [-0.3, -0.25) is 10.1 Å². The second kappa shape index (κ2) is 7.39. The van der Waals surface area contributed by atoms with Crippen molar-refractivity contribution in [1.82, 2.24) is 25.1 Å². The molecule has 130 valence electrons. The lowest BCUT2D eigenvalue weighted by Crippen LogP contribution is -2.36. The number of alkyl halides is 2. The van der Waals surface area contributed by atoms with Gasteiger partial charge in [-0.25, -0.2) is 4.98 Å². The molecular formula is C14H19F2N7O. The lowest BCUT2D eigenvalue weighted by atomic mass is 10.1. The van der Waals surface area contributed by atoms with Gasteiger partial charge >= 0.3 is 6.61 Å². The maximum absolute atomic E-state index is 12.1. The third-order valence-corrected chi connectivity index (χ3v) is 3.73. The van der Waals surface area contributed by atoms with Gasteiger partial charge in [0.25, 0.3) is 0 Å². The summed E-state index contributed by atoms with van der Waals surface area (Å²) in [6.07, 6.45) is 5.28. The zero-order chi connectivity index (χ0) is 16.9. The maximum Gasteiger partial charge on any atom is 0.388 e. The second-order valence-corrected chi connectivity index (χ2v) is 5.63. The first kappa shape index (κ1) is 16.4. The van der Waals surface area contributed by atoms with Crippen LogP contribution in [0.1, 0.15) is 12.8 Å². The van der Waals surface area contributed by atoms with Crippen LogP contribution in [-0.4, -0.2) is 57.9 Å². The van der Waals surface area contributed by atoms with Gasteiger partial charge in [-0.05, 0) is 33.0 Å². The van der Waals surface area contributed by atoms with Crippen LogP contribution in [0.3, 0.4) is 0 Å². The molecule has 1 saturated heterocycles. The predicted molar refractivity (Wildman–Crippen MR) is 84.7 cm³/mol. The van der Waals surface area contributed by atoms with Crippen molar-refractivity contribution < 1.29 is 13.5 Å². The minimum Gasteiger partial charge on any atom is -0.415 e. The zero-order valence-electron chi connectivity index (χ0n) is 13.2. The first-order valence-corrected chi connectivity index (χ1v) is 7.63. The van der Waals surface area contributed by atoms with Crippen LogP contribution in [0.4, 0.5) is 26.2 Å². The summed E-state index contributed by atoms with van der Waals surface area (Å²) in [6, 6.07) is 1.69. The molecule has 0 radical (unpaired) electrons. The average Bonchev–Trinajstić information content (AvgIpc) is 2.96. The fourth-order valence-corrected chi connectivity index (χ4v) is 2.51. The van der Waals surface area contributed by atoms with E-state index in [1.807, 2.05) is 0 Å². The molecule has 1 aliphatic rings. The van der Waals surface area contributed by atoms with Crippen LogP contribution in [0.2, 0.25) is 0 Å². The Balaban J connectivity index is 1.59. The van der Waals surface area contributed by atoms with E-state index in [-0.39, 0.29) is 5.88 Å². The lowest BCUT2D eigenvalue weighted by Gasteiger charge is -2.29. The Morgan fingerprint density at radius 1 is 1.29 bits per heavy atom. The van der Waals surface area contributed by atoms with Crippen molar-refractivity contribution in [2.75, 3.05) is 30.8 Å². The van der Waals surface area contributed by atoms with Gasteiger partial charge in [-0.1, -0.05) is 0 Å². The van der Waals surface area contributed by atoms with E-state index >= 15 is 0 Å².